The maximum Gasteiger partial charge on any atom is 0.302 e. The summed E-state index contributed by atoms with van der Waals surface area (Å²) in [6.45, 7) is 4.21. The zero-order valence-corrected chi connectivity index (χ0v) is 18.2. The van der Waals surface area contributed by atoms with E-state index in [1.165, 1.54) is 24.8 Å². The van der Waals surface area contributed by atoms with E-state index in [1.54, 1.807) is 6.92 Å². The van der Waals surface area contributed by atoms with Crippen molar-refractivity contribution < 1.29 is 19.4 Å². The molecule has 0 spiro atoms. The van der Waals surface area contributed by atoms with Crippen LogP contribution < -0.4 is 0 Å². The Morgan fingerprint density at radius 2 is 2.03 bits per heavy atom. The second-order valence-electron chi connectivity index (χ2n) is 10.4. The number of esters is 1. The van der Waals surface area contributed by atoms with Crippen LogP contribution >= 0.6 is 0 Å². The van der Waals surface area contributed by atoms with E-state index >= 15 is 0 Å². The Labute approximate surface area is 175 Å². The fourth-order valence-corrected chi connectivity index (χ4v) is 7.71. The van der Waals surface area contributed by atoms with Gasteiger partial charge in [0.25, 0.3) is 0 Å². The highest BCUT2D eigenvalue weighted by Gasteiger charge is 2.59. The van der Waals surface area contributed by atoms with Gasteiger partial charge in [0.05, 0.1) is 0 Å². The summed E-state index contributed by atoms with van der Waals surface area (Å²) in [4.78, 5) is 23.8. The van der Waals surface area contributed by atoms with Gasteiger partial charge in [-0.2, -0.15) is 0 Å². The first-order chi connectivity index (χ1) is 13.9. The number of hydrogen-bond donors (Lipinski definition) is 1. The highest BCUT2D eigenvalue weighted by Crippen LogP contribution is 2.64. The zero-order chi connectivity index (χ0) is 20.6. The van der Waals surface area contributed by atoms with Crippen molar-refractivity contribution in [1.82, 2.24) is 0 Å². The maximum absolute atomic E-state index is 12.1. The van der Waals surface area contributed by atoms with E-state index in [1.807, 2.05) is 6.08 Å². The van der Waals surface area contributed by atoms with Crippen molar-refractivity contribution in [3.05, 3.63) is 11.6 Å². The quantitative estimate of drug-likeness (QED) is 0.510. The number of hydrogen-bond acceptors (Lipinski definition) is 4. The van der Waals surface area contributed by atoms with E-state index in [9.17, 15) is 9.59 Å². The van der Waals surface area contributed by atoms with Gasteiger partial charge in [0.15, 0.2) is 5.78 Å². The summed E-state index contributed by atoms with van der Waals surface area (Å²) in [5.74, 6) is 3.44. The molecule has 4 heteroatoms. The van der Waals surface area contributed by atoms with Crippen molar-refractivity contribution in [1.29, 1.82) is 0 Å². The molecular weight excluding hydrogens is 364 g/mol. The van der Waals surface area contributed by atoms with Crippen LogP contribution in [0.4, 0.5) is 0 Å². The van der Waals surface area contributed by atoms with Gasteiger partial charge in [0.1, 0.15) is 6.10 Å². The average Bonchev–Trinajstić information content (AvgIpc) is 3.00. The molecule has 4 aliphatic carbocycles. The highest BCUT2D eigenvalue weighted by molar-refractivity contribution is 5.91. The molecule has 4 rings (SSSR count). The molecule has 0 unspecified atom stereocenters. The lowest BCUT2D eigenvalue weighted by atomic mass is 9.49. The summed E-state index contributed by atoms with van der Waals surface area (Å²) in [6.07, 6.45) is 13.8. The first kappa shape index (κ1) is 21.1. The van der Waals surface area contributed by atoms with E-state index in [2.05, 4.69) is 6.92 Å². The van der Waals surface area contributed by atoms with Gasteiger partial charge < -0.3 is 9.84 Å². The molecule has 0 aromatic rings. The van der Waals surface area contributed by atoms with Gasteiger partial charge in [-0.05, 0) is 87.0 Å². The number of ether oxygens (including phenoxy) is 1. The number of allylic oxidation sites excluding steroid dienone is 1. The molecule has 0 radical (unpaired) electrons. The van der Waals surface area contributed by atoms with Crippen molar-refractivity contribution >= 4 is 11.8 Å². The molecule has 0 aromatic carbocycles. The molecular formula is C25H38O4. The van der Waals surface area contributed by atoms with Crippen molar-refractivity contribution in [2.75, 3.05) is 6.61 Å². The van der Waals surface area contributed by atoms with Crippen LogP contribution in [0, 0.1) is 35.0 Å². The Kier molecular flexibility index (Phi) is 6.20. The van der Waals surface area contributed by atoms with Crippen LogP contribution in [-0.2, 0) is 14.3 Å². The van der Waals surface area contributed by atoms with Crippen LogP contribution in [0.25, 0.3) is 0 Å². The largest absolute Gasteiger partial charge is 0.462 e. The van der Waals surface area contributed by atoms with Gasteiger partial charge in [0, 0.05) is 25.4 Å². The average molecular weight is 403 g/mol. The third-order valence-corrected chi connectivity index (χ3v) is 8.92. The fourth-order valence-electron chi connectivity index (χ4n) is 7.71. The third-order valence-electron chi connectivity index (χ3n) is 8.92. The monoisotopic (exact) mass is 402 g/mol. The van der Waals surface area contributed by atoms with E-state index in [0.29, 0.717) is 35.4 Å². The second kappa shape index (κ2) is 8.53. The molecule has 4 aliphatic rings. The Balaban J connectivity index is 1.59. The molecule has 3 fully saturated rings. The fraction of sp³-hybridized carbons (Fsp3) is 0.840. The number of rotatable bonds is 6. The number of carbonyl (C=O) groups is 2. The van der Waals surface area contributed by atoms with Crippen LogP contribution in [0.2, 0.25) is 0 Å². The Morgan fingerprint density at radius 1 is 1.21 bits per heavy atom. The summed E-state index contributed by atoms with van der Waals surface area (Å²) >= 11 is 0. The molecule has 0 bridgehead atoms. The van der Waals surface area contributed by atoms with Gasteiger partial charge in [-0.25, -0.2) is 0 Å². The summed E-state index contributed by atoms with van der Waals surface area (Å²) in [6, 6.07) is 0. The second-order valence-corrected chi connectivity index (χ2v) is 10.4. The normalized spacial score (nSPS) is 41.2. The molecule has 4 nitrogen and oxygen atoms in total. The molecule has 0 aliphatic heterocycles. The van der Waals surface area contributed by atoms with Gasteiger partial charge in [0.2, 0.25) is 0 Å². The van der Waals surface area contributed by atoms with Crippen molar-refractivity contribution in [2.24, 2.45) is 35.0 Å². The van der Waals surface area contributed by atoms with Crippen molar-refractivity contribution in [2.45, 2.75) is 90.6 Å². The highest BCUT2D eigenvalue weighted by atomic mass is 16.5. The molecule has 0 heterocycles. The Hall–Kier alpha value is -1.16. The minimum absolute atomic E-state index is 0.0749. The van der Waals surface area contributed by atoms with Crippen LogP contribution in [-0.4, -0.2) is 29.6 Å². The number of aliphatic hydroxyl groups is 1. The molecule has 1 N–H and O–H groups in total. The molecule has 162 valence electrons. The SMILES string of the molecule is CC(=O)O[C@H]1CC[C@H]2[C@@H]3[C@H](CCCCCO)CC4=CC(=O)CC[C@@H]4[C@H]3CC[C@]12C. The molecule has 0 aromatic heterocycles. The summed E-state index contributed by atoms with van der Waals surface area (Å²) in [5, 5.41) is 9.14. The van der Waals surface area contributed by atoms with Gasteiger partial charge in [-0.15, -0.1) is 0 Å². The lowest BCUT2D eigenvalue weighted by Gasteiger charge is -2.56. The molecule has 29 heavy (non-hydrogen) atoms. The van der Waals surface area contributed by atoms with Crippen LogP contribution in [0.1, 0.15) is 84.5 Å². The summed E-state index contributed by atoms with van der Waals surface area (Å²) in [5.41, 5.74) is 1.55. The number of aliphatic hydroxyl groups excluding tert-OH is 1. The molecule has 7 atom stereocenters. The first-order valence-corrected chi connectivity index (χ1v) is 12.0. The summed E-state index contributed by atoms with van der Waals surface area (Å²) < 4.78 is 5.81. The van der Waals surface area contributed by atoms with E-state index < -0.39 is 0 Å². The molecule has 0 amide bonds. The van der Waals surface area contributed by atoms with E-state index in [-0.39, 0.29) is 24.1 Å². The van der Waals surface area contributed by atoms with Gasteiger partial charge >= 0.3 is 5.97 Å². The predicted molar refractivity (Wildman–Crippen MR) is 112 cm³/mol. The Bertz CT molecular complexity index is 668. The Morgan fingerprint density at radius 3 is 2.79 bits per heavy atom. The number of unbranched alkanes of at least 4 members (excludes halogenated alkanes) is 2. The van der Waals surface area contributed by atoms with Crippen LogP contribution in [0.3, 0.4) is 0 Å². The number of ketones is 1. The maximum atomic E-state index is 12.1. The lowest BCUT2D eigenvalue weighted by molar-refractivity contribution is -0.157. The van der Waals surface area contributed by atoms with E-state index in [4.69, 9.17) is 9.84 Å². The minimum Gasteiger partial charge on any atom is -0.462 e. The van der Waals surface area contributed by atoms with Crippen molar-refractivity contribution in [3.63, 3.8) is 0 Å². The number of carbonyl (C=O) groups excluding carboxylic acids is 2. The standard InChI is InChI=1S/C25H38O4/c1-16(27)29-23-10-9-22-24-17(6-4-3-5-13-26)14-18-15-19(28)7-8-20(18)21(24)11-12-25(22,23)2/h15,17,20-24,26H,3-14H2,1-2H3/t17-,20+,21-,22+,23+,24-,25+/m1/s1. The van der Waals surface area contributed by atoms with Crippen LogP contribution in [0.15, 0.2) is 11.6 Å². The first-order valence-electron chi connectivity index (χ1n) is 12.0. The van der Waals surface area contributed by atoms with Crippen LogP contribution in [0.5, 0.6) is 0 Å². The molecule has 0 saturated heterocycles. The minimum atomic E-state index is -0.140. The zero-order valence-electron chi connectivity index (χ0n) is 18.2. The van der Waals surface area contributed by atoms with E-state index in [0.717, 1.165) is 51.4 Å². The molecule has 3 saturated carbocycles. The van der Waals surface area contributed by atoms with Crippen molar-refractivity contribution in [3.8, 4) is 0 Å². The topological polar surface area (TPSA) is 63.6 Å². The summed E-state index contributed by atoms with van der Waals surface area (Å²) in [7, 11) is 0. The van der Waals surface area contributed by atoms with Gasteiger partial charge in [-0.3, -0.25) is 9.59 Å². The van der Waals surface area contributed by atoms with Gasteiger partial charge in [-0.1, -0.05) is 25.3 Å². The number of fused-ring (bicyclic) bond motifs is 5. The lowest BCUT2D eigenvalue weighted by Crippen LogP contribution is -2.51. The predicted octanol–water partition coefficient (Wildman–Crippen LogP) is 4.84. The smallest absolute Gasteiger partial charge is 0.302 e. The third kappa shape index (κ3) is 3.94.